The Balaban J connectivity index is -0.00000151. The van der Waals surface area contributed by atoms with Crippen LogP contribution >= 0.6 is 0 Å². The summed E-state index contributed by atoms with van der Waals surface area (Å²) < 4.78 is 9.58. The maximum absolute atomic E-state index is 12.0. The molecule has 2 atom stereocenters. The Kier molecular flexibility index (Phi) is 39.8. The number of ether oxygens (including phenoxy) is 2. The van der Waals surface area contributed by atoms with E-state index in [-0.39, 0.29) is 55.2 Å². The average molecular weight is 682 g/mol. The Bertz CT molecular complexity index is 801. The molecule has 0 fully saturated rings. The third kappa shape index (κ3) is 37.3. The van der Waals surface area contributed by atoms with Crippen LogP contribution < -0.4 is 17.2 Å². The van der Waals surface area contributed by atoms with Crippen LogP contribution in [0.4, 0.5) is 0 Å². The van der Waals surface area contributed by atoms with Gasteiger partial charge in [-0.1, -0.05) is 123 Å². The molecule has 11 nitrogen and oxygen atoms in total. The van der Waals surface area contributed by atoms with Crippen molar-refractivity contribution in [2.75, 3.05) is 6.54 Å². The fraction of sp³-hybridized carbons (Fsp3) is 0.857. The van der Waals surface area contributed by atoms with Crippen molar-refractivity contribution in [3.05, 3.63) is 0 Å². The molecule has 0 aromatic carbocycles. The molecule has 12 heteroatoms. The van der Waals surface area contributed by atoms with Crippen molar-refractivity contribution in [1.29, 1.82) is 0 Å². The second kappa shape index (κ2) is 37.4. The van der Waals surface area contributed by atoms with Crippen molar-refractivity contribution in [2.45, 2.75) is 186 Å². The molecule has 0 spiro atoms. The van der Waals surface area contributed by atoms with Crippen LogP contribution in [0.25, 0.3) is 0 Å². The summed E-state index contributed by atoms with van der Waals surface area (Å²) in [6, 6.07) is -1.82. The van der Waals surface area contributed by atoms with Gasteiger partial charge >= 0.3 is 59.4 Å². The van der Waals surface area contributed by atoms with E-state index in [4.69, 9.17) is 31.8 Å². The summed E-state index contributed by atoms with van der Waals surface area (Å²) in [5, 5.41) is 8.33. The van der Waals surface area contributed by atoms with Crippen molar-refractivity contribution in [3.63, 3.8) is 0 Å². The van der Waals surface area contributed by atoms with E-state index in [0.29, 0.717) is 25.8 Å². The molecule has 272 valence electrons. The second-order valence-electron chi connectivity index (χ2n) is 12.2. The molecule has 0 bridgehead atoms. The molecule has 0 radical (unpaired) electrons. The molecule has 0 aromatic heterocycles. The quantitative estimate of drug-likeness (QED) is 0.0314. The zero-order chi connectivity index (χ0) is 34.8. The molecule has 0 amide bonds. The Hall–Kier alpha value is -1.37. The van der Waals surface area contributed by atoms with Gasteiger partial charge < -0.3 is 31.8 Å². The third-order valence-electron chi connectivity index (χ3n) is 7.66. The van der Waals surface area contributed by atoms with Crippen molar-refractivity contribution in [3.8, 4) is 0 Å². The van der Waals surface area contributed by atoms with Crippen LogP contribution in [0.3, 0.4) is 0 Å². The van der Waals surface area contributed by atoms with Crippen molar-refractivity contribution in [2.24, 2.45) is 17.2 Å². The van der Waals surface area contributed by atoms with E-state index in [1.165, 1.54) is 77.0 Å². The average Bonchev–Trinajstić information content (AvgIpc) is 3.02. The topological polar surface area (TPSA) is 202 Å². The van der Waals surface area contributed by atoms with Gasteiger partial charge in [0.05, 0.1) is 0 Å². The van der Waals surface area contributed by atoms with Crippen LogP contribution in [0, 0.1) is 0 Å². The first kappa shape index (κ1) is 50.0. The molecular formula is C35H68N3NaO8. The summed E-state index contributed by atoms with van der Waals surface area (Å²) in [5.41, 5.74) is 16.2. The molecule has 7 N–H and O–H groups in total. The van der Waals surface area contributed by atoms with Gasteiger partial charge in [0.1, 0.15) is 12.1 Å². The molecule has 0 saturated heterocycles. The number of carbonyl (C=O) groups excluding carboxylic acids is 4. The third-order valence-corrected chi connectivity index (χ3v) is 7.66. The summed E-state index contributed by atoms with van der Waals surface area (Å²) in [4.78, 5) is 57.6. The molecular weight excluding hydrogens is 613 g/mol. The number of aliphatic carboxylic acids is 1. The number of carboxylic acid groups (broad SMARTS) is 1. The molecule has 0 saturated carbocycles. The van der Waals surface area contributed by atoms with Crippen molar-refractivity contribution in [1.82, 2.24) is 0 Å². The monoisotopic (exact) mass is 681 g/mol. The van der Waals surface area contributed by atoms with E-state index >= 15 is 0 Å². The zero-order valence-corrected chi connectivity index (χ0v) is 29.1. The van der Waals surface area contributed by atoms with Gasteiger partial charge in [-0.3, -0.25) is 19.2 Å². The number of unbranched alkanes of at least 4 members (excludes halogenated alkanes) is 17. The SMILES string of the molecule is CCCCCCCCCCCC(=O)OC(=O)CCC(N)C(=O)OC(=O)CCCCCCCCCCC.NCCCCC(N)C(=O)O.[NaH]. The predicted octanol–water partition coefficient (Wildman–Crippen LogP) is 5.95. The summed E-state index contributed by atoms with van der Waals surface area (Å²) in [5.74, 6) is -3.62. The first-order valence-electron chi connectivity index (χ1n) is 18.0. The Morgan fingerprint density at radius 3 is 1.30 bits per heavy atom. The van der Waals surface area contributed by atoms with Gasteiger partial charge in [0.2, 0.25) is 0 Å². The van der Waals surface area contributed by atoms with Gasteiger partial charge in [-0.15, -0.1) is 0 Å². The number of carbonyl (C=O) groups is 5. The molecule has 0 aliphatic rings. The van der Waals surface area contributed by atoms with Gasteiger partial charge in [-0.25, -0.2) is 4.79 Å². The van der Waals surface area contributed by atoms with E-state index in [1.807, 2.05) is 0 Å². The fourth-order valence-corrected chi connectivity index (χ4v) is 4.65. The number of hydrogen-bond donors (Lipinski definition) is 4. The van der Waals surface area contributed by atoms with Gasteiger partial charge in [-0.2, -0.15) is 0 Å². The predicted molar refractivity (Wildman–Crippen MR) is 189 cm³/mol. The molecule has 2 unspecified atom stereocenters. The zero-order valence-electron chi connectivity index (χ0n) is 29.1. The van der Waals surface area contributed by atoms with Gasteiger partial charge in [0.25, 0.3) is 0 Å². The minimum atomic E-state index is -1.10. The number of hydrogen-bond acceptors (Lipinski definition) is 10. The van der Waals surface area contributed by atoms with E-state index in [0.717, 1.165) is 38.5 Å². The van der Waals surface area contributed by atoms with Crippen LogP contribution in [0.2, 0.25) is 0 Å². The Labute approximate surface area is 306 Å². The minimum absolute atomic E-state index is 0. The van der Waals surface area contributed by atoms with E-state index < -0.39 is 41.9 Å². The standard InChI is InChI=1S/C29H53NO6.C6H14N2O2.Na.H/c1-3-5-7-9-11-13-15-17-19-21-26(31)35-28(33)24-23-25(30)29(34)36-27(32)22-20-18-16-14-12-10-8-6-4-2;7-4-2-1-3-5(8)6(9)10;;/h25H,3-24,30H2,1-2H3;5H,1-4,7-8H2,(H,9,10);;. The Morgan fingerprint density at radius 1 is 0.511 bits per heavy atom. The first-order valence-corrected chi connectivity index (χ1v) is 18.0. The molecule has 0 aliphatic heterocycles. The van der Waals surface area contributed by atoms with Gasteiger partial charge in [0, 0.05) is 19.3 Å². The molecule has 0 rings (SSSR count). The second-order valence-corrected chi connectivity index (χ2v) is 12.2. The first-order chi connectivity index (χ1) is 22.1. The molecule has 47 heavy (non-hydrogen) atoms. The fourth-order valence-electron chi connectivity index (χ4n) is 4.65. The van der Waals surface area contributed by atoms with Gasteiger partial charge in [-0.05, 0) is 38.6 Å². The summed E-state index contributed by atoms with van der Waals surface area (Å²) in [7, 11) is 0. The normalized spacial score (nSPS) is 11.8. The van der Waals surface area contributed by atoms with E-state index in [2.05, 4.69) is 13.8 Å². The van der Waals surface area contributed by atoms with E-state index in [1.54, 1.807) is 0 Å². The van der Waals surface area contributed by atoms with Crippen LogP contribution in [0.5, 0.6) is 0 Å². The van der Waals surface area contributed by atoms with Crippen LogP contribution in [-0.2, 0) is 33.4 Å². The number of rotatable bonds is 29. The van der Waals surface area contributed by atoms with Crippen molar-refractivity contribution < 1.29 is 38.6 Å². The number of carboxylic acids is 1. The van der Waals surface area contributed by atoms with E-state index in [9.17, 15) is 24.0 Å². The van der Waals surface area contributed by atoms with Crippen molar-refractivity contribution >= 4 is 59.4 Å². The maximum atomic E-state index is 12.0. The molecule has 0 heterocycles. The Morgan fingerprint density at radius 2 is 0.894 bits per heavy atom. The number of esters is 4. The molecule has 0 aliphatic carbocycles. The number of nitrogens with two attached hydrogens (primary N) is 3. The van der Waals surface area contributed by atoms with Gasteiger partial charge in [0.15, 0.2) is 0 Å². The molecule has 0 aromatic rings. The summed E-state index contributed by atoms with van der Waals surface area (Å²) in [6.45, 7) is 5.01. The van der Waals surface area contributed by atoms with Crippen LogP contribution in [-0.4, -0.2) is 83.1 Å². The van der Waals surface area contributed by atoms with Crippen LogP contribution in [0.15, 0.2) is 0 Å². The summed E-state index contributed by atoms with van der Waals surface area (Å²) in [6.07, 6.45) is 22.8. The summed E-state index contributed by atoms with van der Waals surface area (Å²) >= 11 is 0. The van der Waals surface area contributed by atoms with Crippen LogP contribution in [0.1, 0.15) is 174 Å².